The Morgan fingerprint density at radius 2 is 2.06 bits per heavy atom. The highest BCUT2D eigenvalue weighted by molar-refractivity contribution is 9.10. The van der Waals surface area contributed by atoms with Gasteiger partial charge in [-0.25, -0.2) is 0 Å². The lowest BCUT2D eigenvalue weighted by atomic mass is 9.79. The number of hydrogen-bond donors (Lipinski definition) is 1. The van der Waals surface area contributed by atoms with Gasteiger partial charge in [0, 0.05) is 4.47 Å². The molecule has 17 heavy (non-hydrogen) atoms. The lowest BCUT2D eigenvalue weighted by Crippen LogP contribution is -2.46. The molecule has 2 aliphatic rings. The highest BCUT2D eigenvalue weighted by Gasteiger charge is 2.37. The summed E-state index contributed by atoms with van der Waals surface area (Å²) >= 11 is 3.60. The molecule has 1 saturated carbocycles. The summed E-state index contributed by atoms with van der Waals surface area (Å²) in [6, 6.07) is 8.68. The largest absolute Gasteiger partial charge is 0.370 e. The topological polar surface area (TPSA) is 41.6 Å². The molecule has 0 saturated heterocycles. The van der Waals surface area contributed by atoms with E-state index in [1.165, 1.54) is 19.3 Å². The maximum Gasteiger partial charge on any atom is 0.196 e. The Morgan fingerprint density at radius 1 is 1.29 bits per heavy atom. The summed E-state index contributed by atoms with van der Waals surface area (Å²) < 4.78 is 1.09. The Bertz CT molecular complexity index is 454. The molecule has 0 spiro atoms. The van der Waals surface area contributed by atoms with Gasteiger partial charge in [-0.05, 0) is 46.8 Å². The summed E-state index contributed by atoms with van der Waals surface area (Å²) in [4.78, 5) is 6.62. The number of hydrogen-bond acceptors (Lipinski definition) is 3. The Balaban J connectivity index is 1.93. The number of para-hydroxylation sites is 1. The molecule has 3 rings (SSSR count). The Kier molecular flexibility index (Phi) is 2.82. The summed E-state index contributed by atoms with van der Waals surface area (Å²) in [5.41, 5.74) is 7.18. The number of aliphatic imine (C=N–C) groups is 1. The first kappa shape index (κ1) is 11.1. The van der Waals surface area contributed by atoms with Crippen LogP contribution in [0.3, 0.4) is 0 Å². The van der Waals surface area contributed by atoms with Crippen molar-refractivity contribution in [2.24, 2.45) is 16.6 Å². The van der Waals surface area contributed by atoms with Gasteiger partial charge >= 0.3 is 0 Å². The van der Waals surface area contributed by atoms with Gasteiger partial charge in [0.05, 0.1) is 18.3 Å². The third-order valence-corrected chi connectivity index (χ3v) is 4.50. The van der Waals surface area contributed by atoms with E-state index < -0.39 is 0 Å². The van der Waals surface area contributed by atoms with Crippen LogP contribution in [0.15, 0.2) is 33.7 Å². The van der Waals surface area contributed by atoms with Gasteiger partial charge in [-0.3, -0.25) is 4.99 Å². The van der Waals surface area contributed by atoms with Crippen molar-refractivity contribution in [3.8, 4) is 0 Å². The number of rotatable bonds is 2. The number of nitrogens with two attached hydrogens (primary N) is 1. The summed E-state index contributed by atoms with van der Waals surface area (Å²) in [5, 5.41) is 0. The van der Waals surface area contributed by atoms with Crippen molar-refractivity contribution < 1.29 is 0 Å². The van der Waals surface area contributed by atoms with Crippen LogP contribution in [0.25, 0.3) is 0 Å². The van der Waals surface area contributed by atoms with Crippen LogP contribution in [0, 0.1) is 5.92 Å². The maximum atomic E-state index is 6.04. The molecule has 0 aromatic heterocycles. The lowest BCUT2D eigenvalue weighted by molar-refractivity contribution is 0.271. The molecule has 3 nitrogen and oxygen atoms in total. The van der Waals surface area contributed by atoms with Crippen LogP contribution in [-0.2, 0) is 0 Å². The van der Waals surface area contributed by atoms with E-state index in [1.54, 1.807) is 0 Å². The highest BCUT2D eigenvalue weighted by atomic mass is 79.9. The molecular weight excluding hydrogens is 278 g/mol. The van der Waals surface area contributed by atoms with Crippen LogP contribution < -0.4 is 10.6 Å². The molecule has 1 fully saturated rings. The Hall–Kier alpha value is -1.03. The molecule has 4 heteroatoms. The molecule has 1 heterocycles. The molecular formula is C13H16BrN3. The summed E-state index contributed by atoms with van der Waals surface area (Å²) in [5.74, 6) is 1.42. The minimum atomic E-state index is 0.461. The van der Waals surface area contributed by atoms with Gasteiger partial charge in [0.25, 0.3) is 0 Å². The van der Waals surface area contributed by atoms with Crippen LogP contribution in [0.2, 0.25) is 0 Å². The van der Waals surface area contributed by atoms with Crippen molar-refractivity contribution in [2.75, 3.05) is 11.4 Å². The van der Waals surface area contributed by atoms with Gasteiger partial charge in [-0.15, -0.1) is 0 Å². The van der Waals surface area contributed by atoms with E-state index in [9.17, 15) is 0 Å². The van der Waals surface area contributed by atoms with Crippen molar-refractivity contribution in [3.63, 3.8) is 0 Å². The first-order valence-electron chi connectivity index (χ1n) is 6.11. The van der Waals surface area contributed by atoms with Crippen molar-refractivity contribution in [1.82, 2.24) is 0 Å². The van der Waals surface area contributed by atoms with Crippen LogP contribution in [0.1, 0.15) is 19.3 Å². The van der Waals surface area contributed by atoms with Crippen molar-refractivity contribution in [2.45, 2.75) is 25.3 Å². The molecule has 1 aromatic carbocycles. The minimum absolute atomic E-state index is 0.461. The fraction of sp³-hybridized carbons (Fsp3) is 0.462. The molecule has 1 atom stereocenters. The number of halogens is 1. The summed E-state index contributed by atoms with van der Waals surface area (Å²) in [6.07, 6.45) is 3.98. The summed E-state index contributed by atoms with van der Waals surface area (Å²) in [7, 11) is 0. The van der Waals surface area contributed by atoms with Gasteiger partial charge in [-0.1, -0.05) is 18.6 Å². The second-order valence-electron chi connectivity index (χ2n) is 4.78. The van der Waals surface area contributed by atoms with E-state index in [4.69, 9.17) is 5.73 Å². The fourth-order valence-corrected chi connectivity index (χ4v) is 3.12. The second kappa shape index (κ2) is 4.33. The predicted octanol–water partition coefficient (Wildman–Crippen LogP) is 2.75. The first-order valence-corrected chi connectivity index (χ1v) is 6.90. The van der Waals surface area contributed by atoms with Gasteiger partial charge in [-0.2, -0.15) is 0 Å². The molecule has 2 N–H and O–H groups in total. The molecule has 1 aliphatic carbocycles. The van der Waals surface area contributed by atoms with Crippen LogP contribution in [0.4, 0.5) is 5.69 Å². The Morgan fingerprint density at radius 3 is 2.71 bits per heavy atom. The standard InChI is InChI=1S/C13H16BrN3/c14-10-6-1-2-7-11(10)17-12(8-16-13(17)15)9-4-3-5-9/h1-2,6-7,9,12H,3-5,8H2,(H2,15,16). The molecule has 0 bridgehead atoms. The van der Waals surface area contributed by atoms with Gasteiger partial charge < -0.3 is 10.6 Å². The van der Waals surface area contributed by atoms with Crippen molar-refractivity contribution in [1.29, 1.82) is 0 Å². The normalized spacial score (nSPS) is 24.6. The van der Waals surface area contributed by atoms with Crippen molar-refractivity contribution in [3.05, 3.63) is 28.7 Å². The highest BCUT2D eigenvalue weighted by Crippen LogP contribution is 2.38. The van der Waals surface area contributed by atoms with E-state index in [0.717, 1.165) is 22.6 Å². The zero-order valence-corrected chi connectivity index (χ0v) is 11.2. The monoisotopic (exact) mass is 293 g/mol. The van der Waals surface area contributed by atoms with Gasteiger partial charge in [0.2, 0.25) is 0 Å². The second-order valence-corrected chi connectivity index (χ2v) is 5.63. The van der Waals surface area contributed by atoms with E-state index in [0.29, 0.717) is 12.0 Å². The SMILES string of the molecule is NC1=NCC(C2CCC2)N1c1ccccc1Br. The smallest absolute Gasteiger partial charge is 0.196 e. The van der Waals surface area contributed by atoms with Crippen LogP contribution >= 0.6 is 15.9 Å². The maximum absolute atomic E-state index is 6.04. The number of benzene rings is 1. The molecule has 90 valence electrons. The molecule has 0 radical (unpaired) electrons. The minimum Gasteiger partial charge on any atom is -0.370 e. The third-order valence-electron chi connectivity index (χ3n) is 3.82. The molecule has 1 aliphatic heterocycles. The van der Waals surface area contributed by atoms with E-state index in [1.807, 2.05) is 12.1 Å². The molecule has 1 unspecified atom stereocenters. The van der Waals surface area contributed by atoms with E-state index in [2.05, 4.69) is 38.0 Å². The average molecular weight is 294 g/mol. The molecule has 0 amide bonds. The summed E-state index contributed by atoms with van der Waals surface area (Å²) in [6.45, 7) is 0.845. The van der Waals surface area contributed by atoms with Crippen LogP contribution in [-0.4, -0.2) is 18.5 Å². The lowest BCUT2D eigenvalue weighted by Gasteiger charge is -2.37. The number of anilines is 1. The first-order chi connectivity index (χ1) is 8.27. The van der Waals surface area contributed by atoms with E-state index >= 15 is 0 Å². The van der Waals surface area contributed by atoms with Crippen LogP contribution in [0.5, 0.6) is 0 Å². The number of guanidine groups is 1. The van der Waals surface area contributed by atoms with Gasteiger partial charge in [0.15, 0.2) is 5.96 Å². The Labute approximate surface area is 110 Å². The zero-order valence-electron chi connectivity index (χ0n) is 9.64. The van der Waals surface area contributed by atoms with E-state index in [-0.39, 0.29) is 0 Å². The fourth-order valence-electron chi connectivity index (χ4n) is 2.65. The number of nitrogens with zero attached hydrogens (tertiary/aromatic N) is 2. The molecule has 1 aromatic rings. The average Bonchev–Trinajstić information content (AvgIpc) is 2.59. The zero-order chi connectivity index (χ0) is 11.8. The van der Waals surface area contributed by atoms with Crippen molar-refractivity contribution >= 4 is 27.6 Å². The quantitative estimate of drug-likeness (QED) is 0.911. The third kappa shape index (κ3) is 1.84. The van der Waals surface area contributed by atoms with Gasteiger partial charge in [0.1, 0.15) is 0 Å². The predicted molar refractivity (Wildman–Crippen MR) is 74.2 cm³/mol.